The van der Waals surface area contributed by atoms with Crippen LogP contribution in [0, 0.1) is 0 Å². The Labute approximate surface area is 128 Å². The van der Waals surface area contributed by atoms with E-state index in [-0.39, 0.29) is 0 Å². The molecule has 1 heterocycles. The van der Waals surface area contributed by atoms with Crippen molar-refractivity contribution < 1.29 is 9.84 Å². The summed E-state index contributed by atoms with van der Waals surface area (Å²) in [5, 5.41) is 9.76. The molecule has 0 bridgehead atoms. The van der Waals surface area contributed by atoms with Crippen LogP contribution in [0.25, 0.3) is 0 Å². The maximum atomic E-state index is 9.76. The number of likely N-dealkylation sites (tertiary alicyclic amines) is 1. The third-order valence-electron chi connectivity index (χ3n) is 4.52. The average molecular weight is 292 g/mol. The molecule has 0 aromatic heterocycles. The third-order valence-corrected chi connectivity index (χ3v) is 4.52. The zero-order chi connectivity index (χ0) is 15.4. The Morgan fingerprint density at radius 2 is 2.05 bits per heavy atom. The van der Waals surface area contributed by atoms with Gasteiger partial charge in [-0.3, -0.25) is 4.90 Å². The van der Waals surface area contributed by atoms with Gasteiger partial charge in [-0.2, -0.15) is 0 Å². The molecule has 1 unspecified atom stereocenters. The molecular weight excluding hydrogens is 264 g/mol. The van der Waals surface area contributed by atoms with E-state index in [1.54, 1.807) is 14.0 Å². The second-order valence-electron chi connectivity index (χ2n) is 6.20. The smallest absolute Gasteiger partial charge is 0.123 e. The van der Waals surface area contributed by atoms with Gasteiger partial charge < -0.3 is 14.7 Å². The minimum absolute atomic E-state index is 0.441. The fourth-order valence-corrected chi connectivity index (χ4v) is 3.02. The van der Waals surface area contributed by atoms with Gasteiger partial charge in [0, 0.05) is 18.2 Å². The molecule has 0 amide bonds. The lowest BCUT2D eigenvalue weighted by atomic mass is 10.0. The molecule has 4 nitrogen and oxygen atoms in total. The quantitative estimate of drug-likeness (QED) is 0.903. The highest BCUT2D eigenvalue weighted by molar-refractivity contribution is 5.38. The SMILES string of the molecule is COc1ccc(C(C)O)cc1CN(C)C1CCN(C)CC1. The highest BCUT2D eigenvalue weighted by atomic mass is 16.5. The molecule has 1 aliphatic rings. The molecule has 1 aromatic rings. The summed E-state index contributed by atoms with van der Waals surface area (Å²) < 4.78 is 5.47. The number of hydrogen-bond acceptors (Lipinski definition) is 4. The lowest BCUT2D eigenvalue weighted by Gasteiger charge is -2.35. The Morgan fingerprint density at radius 3 is 2.62 bits per heavy atom. The van der Waals surface area contributed by atoms with Gasteiger partial charge >= 0.3 is 0 Å². The molecule has 1 N–H and O–H groups in total. The number of hydrogen-bond donors (Lipinski definition) is 1. The highest BCUT2D eigenvalue weighted by Crippen LogP contribution is 2.26. The van der Waals surface area contributed by atoms with E-state index in [0.717, 1.165) is 23.4 Å². The topological polar surface area (TPSA) is 35.9 Å². The van der Waals surface area contributed by atoms with Gasteiger partial charge in [0.2, 0.25) is 0 Å². The van der Waals surface area contributed by atoms with Gasteiger partial charge in [-0.1, -0.05) is 6.07 Å². The van der Waals surface area contributed by atoms with Crippen molar-refractivity contribution in [3.05, 3.63) is 29.3 Å². The summed E-state index contributed by atoms with van der Waals surface area (Å²) in [6.45, 7) is 4.99. The third kappa shape index (κ3) is 4.19. The van der Waals surface area contributed by atoms with Crippen molar-refractivity contribution in [1.82, 2.24) is 9.80 Å². The van der Waals surface area contributed by atoms with Crippen molar-refractivity contribution in [3.63, 3.8) is 0 Å². The van der Waals surface area contributed by atoms with Crippen LogP contribution in [0.1, 0.15) is 37.0 Å². The molecule has 118 valence electrons. The zero-order valence-corrected chi connectivity index (χ0v) is 13.7. The summed E-state index contributed by atoms with van der Waals surface area (Å²) in [4.78, 5) is 4.80. The predicted molar refractivity (Wildman–Crippen MR) is 85.6 cm³/mol. The normalized spacial score (nSPS) is 19.0. The van der Waals surface area contributed by atoms with Gasteiger partial charge in [-0.05, 0) is 64.6 Å². The van der Waals surface area contributed by atoms with Crippen molar-refractivity contribution in [2.24, 2.45) is 0 Å². The predicted octanol–water partition coefficient (Wildman–Crippen LogP) is 2.27. The van der Waals surface area contributed by atoms with Gasteiger partial charge in [0.05, 0.1) is 13.2 Å². The number of benzene rings is 1. The van der Waals surface area contributed by atoms with Crippen molar-refractivity contribution in [2.75, 3.05) is 34.3 Å². The summed E-state index contributed by atoms with van der Waals surface area (Å²) in [5.74, 6) is 0.902. The van der Waals surface area contributed by atoms with Crippen LogP contribution in [0.3, 0.4) is 0 Å². The van der Waals surface area contributed by atoms with Crippen molar-refractivity contribution >= 4 is 0 Å². The number of ether oxygens (including phenoxy) is 1. The van der Waals surface area contributed by atoms with Crippen LogP contribution in [-0.2, 0) is 6.54 Å². The fourth-order valence-electron chi connectivity index (χ4n) is 3.02. The summed E-state index contributed by atoms with van der Waals surface area (Å²) in [6.07, 6.45) is 1.99. The molecule has 21 heavy (non-hydrogen) atoms. The molecule has 1 atom stereocenters. The van der Waals surface area contributed by atoms with E-state index in [4.69, 9.17) is 4.74 Å². The van der Waals surface area contributed by atoms with E-state index in [0.29, 0.717) is 6.04 Å². The Morgan fingerprint density at radius 1 is 1.38 bits per heavy atom. The minimum Gasteiger partial charge on any atom is -0.496 e. The first-order valence-electron chi connectivity index (χ1n) is 7.75. The number of methoxy groups -OCH3 is 1. The summed E-state index contributed by atoms with van der Waals surface area (Å²) in [6, 6.07) is 6.58. The Balaban J connectivity index is 2.08. The molecule has 0 saturated carbocycles. The van der Waals surface area contributed by atoms with Crippen molar-refractivity contribution in [3.8, 4) is 5.75 Å². The standard InChI is InChI=1S/C17H28N2O2/c1-13(20)14-5-6-17(21-4)15(11-14)12-19(3)16-7-9-18(2)10-8-16/h5-6,11,13,16,20H,7-10,12H2,1-4H3. The van der Waals surface area contributed by atoms with Gasteiger partial charge in [-0.15, -0.1) is 0 Å². The zero-order valence-electron chi connectivity index (χ0n) is 13.7. The fraction of sp³-hybridized carbons (Fsp3) is 0.647. The van der Waals surface area contributed by atoms with Crippen LogP contribution in [0.15, 0.2) is 18.2 Å². The Hall–Kier alpha value is -1.10. The number of piperidine rings is 1. The number of aliphatic hydroxyl groups excluding tert-OH is 1. The van der Waals surface area contributed by atoms with Crippen molar-refractivity contribution in [1.29, 1.82) is 0 Å². The summed E-state index contributed by atoms with van der Waals surface area (Å²) in [7, 11) is 6.08. The van der Waals surface area contributed by atoms with E-state index in [1.807, 2.05) is 12.1 Å². The largest absolute Gasteiger partial charge is 0.496 e. The van der Waals surface area contributed by atoms with Crippen LogP contribution in [0.5, 0.6) is 5.75 Å². The van der Waals surface area contributed by atoms with E-state index in [2.05, 4.69) is 30.0 Å². The van der Waals surface area contributed by atoms with Crippen LogP contribution in [-0.4, -0.2) is 55.2 Å². The Bertz CT molecular complexity index is 454. The van der Waals surface area contributed by atoms with E-state index in [9.17, 15) is 5.11 Å². The molecule has 0 radical (unpaired) electrons. The van der Waals surface area contributed by atoms with Gasteiger partial charge in [0.25, 0.3) is 0 Å². The van der Waals surface area contributed by atoms with Gasteiger partial charge in [0.15, 0.2) is 0 Å². The van der Waals surface area contributed by atoms with Crippen LogP contribution in [0.4, 0.5) is 0 Å². The second-order valence-corrected chi connectivity index (χ2v) is 6.20. The maximum absolute atomic E-state index is 9.76. The highest BCUT2D eigenvalue weighted by Gasteiger charge is 2.21. The first-order chi connectivity index (χ1) is 10.0. The van der Waals surface area contributed by atoms with Crippen LogP contribution in [0.2, 0.25) is 0 Å². The summed E-state index contributed by atoms with van der Waals surface area (Å²) >= 11 is 0. The lowest BCUT2D eigenvalue weighted by molar-refractivity contribution is 0.138. The first-order valence-corrected chi connectivity index (χ1v) is 7.75. The van der Waals surface area contributed by atoms with E-state index >= 15 is 0 Å². The number of aliphatic hydroxyl groups is 1. The molecule has 1 aliphatic heterocycles. The molecule has 1 saturated heterocycles. The Kier molecular flexibility index (Phi) is 5.62. The molecule has 0 spiro atoms. The lowest BCUT2D eigenvalue weighted by Crippen LogP contribution is -2.41. The monoisotopic (exact) mass is 292 g/mol. The minimum atomic E-state index is -0.441. The van der Waals surface area contributed by atoms with E-state index < -0.39 is 6.10 Å². The van der Waals surface area contributed by atoms with Crippen molar-refractivity contribution in [2.45, 2.75) is 38.5 Å². The first kappa shape index (κ1) is 16.3. The van der Waals surface area contributed by atoms with E-state index in [1.165, 1.54) is 25.9 Å². The second kappa shape index (κ2) is 7.25. The number of nitrogens with zero attached hydrogens (tertiary/aromatic N) is 2. The molecule has 0 aliphatic carbocycles. The average Bonchev–Trinajstić information content (AvgIpc) is 2.47. The molecule has 1 fully saturated rings. The maximum Gasteiger partial charge on any atom is 0.123 e. The van der Waals surface area contributed by atoms with Gasteiger partial charge in [-0.25, -0.2) is 0 Å². The van der Waals surface area contributed by atoms with Gasteiger partial charge in [0.1, 0.15) is 5.75 Å². The molecule has 1 aromatic carbocycles. The van der Waals surface area contributed by atoms with Crippen LogP contribution >= 0.6 is 0 Å². The summed E-state index contributed by atoms with van der Waals surface area (Å²) in [5.41, 5.74) is 2.10. The molecule has 2 rings (SSSR count). The molecular formula is C17H28N2O2. The molecule has 4 heteroatoms. The number of rotatable bonds is 5. The van der Waals surface area contributed by atoms with Crippen LogP contribution < -0.4 is 4.74 Å².